The first-order chi connectivity index (χ1) is 9.79. The molecule has 2 rings (SSSR count). The van der Waals surface area contributed by atoms with Gasteiger partial charge in [-0.25, -0.2) is 22.6 Å². The Hall–Kier alpha value is -2.48. The van der Waals surface area contributed by atoms with Crippen LogP contribution in [0.1, 0.15) is 15.9 Å². The standard InChI is InChI=1S/C13H11FN2O4S/c1-8-2-3-9(13(17)18)6-11(8)21(19,20)16-12-5-4-10(14)7-15-12/h2-7H,1H3,(H,15,16)(H,17,18). The first kappa shape index (κ1) is 14.9. The summed E-state index contributed by atoms with van der Waals surface area (Å²) in [4.78, 5) is 14.3. The van der Waals surface area contributed by atoms with Crippen molar-refractivity contribution < 1.29 is 22.7 Å². The van der Waals surface area contributed by atoms with Gasteiger partial charge < -0.3 is 5.11 Å². The van der Waals surface area contributed by atoms with Gasteiger partial charge >= 0.3 is 5.97 Å². The summed E-state index contributed by atoms with van der Waals surface area (Å²) in [7, 11) is -4.01. The predicted molar refractivity (Wildman–Crippen MR) is 73.1 cm³/mol. The Morgan fingerprint density at radius 2 is 2.00 bits per heavy atom. The van der Waals surface area contributed by atoms with E-state index in [4.69, 9.17) is 5.11 Å². The number of halogens is 1. The smallest absolute Gasteiger partial charge is 0.335 e. The number of sulfonamides is 1. The van der Waals surface area contributed by atoms with E-state index in [1.54, 1.807) is 0 Å². The molecule has 8 heteroatoms. The molecule has 0 amide bonds. The van der Waals surface area contributed by atoms with Gasteiger partial charge in [0, 0.05) is 0 Å². The average Bonchev–Trinajstić information content (AvgIpc) is 2.41. The van der Waals surface area contributed by atoms with Crippen molar-refractivity contribution in [1.82, 2.24) is 4.98 Å². The second-order valence-corrected chi connectivity index (χ2v) is 5.90. The average molecular weight is 310 g/mol. The number of rotatable bonds is 4. The molecule has 1 aromatic carbocycles. The van der Waals surface area contributed by atoms with Crippen LogP contribution in [0.25, 0.3) is 0 Å². The minimum absolute atomic E-state index is 0.0588. The molecule has 1 aromatic heterocycles. The number of hydrogen-bond donors (Lipinski definition) is 2. The third-order valence-electron chi connectivity index (χ3n) is 2.69. The number of anilines is 1. The molecule has 0 unspecified atom stereocenters. The Labute approximate surface area is 120 Å². The van der Waals surface area contributed by atoms with E-state index < -0.39 is 21.8 Å². The summed E-state index contributed by atoms with van der Waals surface area (Å²) in [6, 6.07) is 6.00. The molecule has 0 aliphatic rings. The molecule has 2 aromatic rings. The number of aromatic nitrogens is 1. The molecule has 0 radical (unpaired) electrons. The third-order valence-corrected chi connectivity index (χ3v) is 4.19. The van der Waals surface area contributed by atoms with E-state index in [0.29, 0.717) is 5.56 Å². The molecule has 0 aliphatic carbocycles. The zero-order chi connectivity index (χ0) is 15.6. The summed E-state index contributed by atoms with van der Waals surface area (Å²) in [6.07, 6.45) is 0.873. The van der Waals surface area contributed by atoms with Crippen molar-refractivity contribution in [3.8, 4) is 0 Å². The summed E-state index contributed by atoms with van der Waals surface area (Å²) < 4.78 is 39.4. The van der Waals surface area contributed by atoms with Crippen molar-refractivity contribution in [2.24, 2.45) is 0 Å². The maximum Gasteiger partial charge on any atom is 0.335 e. The van der Waals surface area contributed by atoms with Crippen molar-refractivity contribution in [3.63, 3.8) is 0 Å². The van der Waals surface area contributed by atoms with Gasteiger partial charge in [-0.3, -0.25) is 4.72 Å². The lowest BCUT2D eigenvalue weighted by Crippen LogP contribution is -2.16. The second-order valence-electron chi connectivity index (χ2n) is 4.25. The number of hydrogen-bond acceptors (Lipinski definition) is 4. The number of pyridine rings is 1. The second kappa shape index (κ2) is 5.49. The Balaban J connectivity index is 2.41. The lowest BCUT2D eigenvalue weighted by molar-refractivity contribution is 0.0696. The van der Waals surface area contributed by atoms with Crippen LogP contribution in [0, 0.1) is 12.7 Å². The Bertz CT molecular complexity index is 788. The molecule has 0 aliphatic heterocycles. The van der Waals surface area contributed by atoms with Crippen LogP contribution in [0.15, 0.2) is 41.4 Å². The molecule has 0 bridgehead atoms. The molecule has 0 saturated heterocycles. The molecular formula is C13H11FN2O4S. The topological polar surface area (TPSA) is 96.4 Å². The van der Waals surface area contributed by atoms with Gasteiger partial charge in [-0.2, -0.15) is 0 Å². The van der Waals surface area contributed by atoms with E-state index in [0.717, 1.165) is 18.3 Å². The first-order valence-electron chi connectivity index (χ1n) is 5.78. The molecule has 1 heterocycles. The molecule has 2 N–H and O–H groups in total. The van der Waals surface area contributed by atoms with Crippen LogP contribution in [0.5, 0.6) is 0 Å². The van der Waals surface area contributed by atoms with Crippen LogP contribution in [-0.2, 0) is 10.0 Å². The number of carboxylic acids is 1. The van der Waals surface area contributed by atoms with Gasteiger partial charge in [-0.05, 0) is 36.8 Å². The van der Waals surface area contributed by atoms with Crippen LogP contribution in [0.2, 0.25) is 0 Å². The number of benzene rings is 1. The van der Waals surface area contributed by atoms with Gasteiger partial charge in [0.2, 0.25) is 0 Å². The summed E-state index contributed by atoms with van der Waals surface area (Å²) in [5, 5.41) is 8.92. The van der Waals surface area contributed by atoms with Gasteiger partial charge in [0.1, 0.15) is 11.6 Å². The van der Waals surface area contributed by atoms with E-state index in [9.17, 15) is 17.6 Å². The highest BCUT2D eigenvalue weighted by Crippen LogP contribution is 2.20. The SMILES string of the molecule is Cc1ccc(C(=O)O)cc1S(=O)(=O)Nc1ccc(F)cn1. The van der Waals surface area contributed by atoms with Crippen molar-refractivity contribution >= 4 is 21.8 Å². The fourth-order valence-electron chi connectivity index (χ4n) is 1.65. The Morgan fingerprint density at radius 1 is 1.29 bits per heavy atom. The van der Waals surface area contributed by atoms with Crippen molar-refractivity contribution in [1.29, 1.82) is 0 Å². The van der Waals surface area contributed by atoms with Crippen molar-refractivity contribution in [2.45, 2.75) is 11.8 Å². The van der Waals surface area contributed by atoms with Crippen LogP contribution >= 0.6 is 0 Å². The Morgan fingerprint density at radius 3 is 2.57 bits per heavy atom. The van der Waals surface area contributed by atoms with E-state index in [-0.39, 0.29) is 16.3 Å². The zero-order valence-electron chi connectivity index (χ0n) is 10.9. The van der Waals surface area contributed by atoms with Gasteiger partial charge in [0.15, 0.2) is 0 Å². The molecule has 0 saturated carbocycles. The van der Waals surface area contributed by atoms with Gasteiger partial charge in [0.05, 0.1) is 16.7 Å². The van der Waals surface area contributed by atoms with Crippen LogP contribution in [0.3, 0.4) is 0 Å². The largest absolute Gasteiger partial charge is 0.478 e. The maximum absolute atomic E-state index is 12.7. The monoisotopic (exact) mass is 310 g/mol. The van der Waals surface area contributed by atoms with Crippen molar-refractivity contribution in [2.75, 3.05) is 4.72 Å². The molecule has 6 nitrogen and oxygen atoms in total. The lowest BCUT2D eigenvalue weighted by Gasteiger charge is -2.10. The zero-order valence-corrected chi connectivity index (χ0v) is 11.7. The normalized spacial score (nSPS) is 11.1. The highest BCUT2D eigenvalue weighted by Gasteiger charge is 2.19. The molecule has 0 atom stereocenters. The molecule has 0 fully saturated rings. The predicted octanol–water partition coefficient (Wildman–Crippen LogP) is 2.03. The van der Waals surface area contributed by atoms with Gasteiger partial charge in [-0.15, -0.1) is 0 Å². The first-order valence-corrected chi connectivity index (χ1v) is 7.26. The molecule has 110 valence electrons. The van der Waals surface area contributed by atoms with Crippen molar-refractivity contribution in [3.05, 3.63) is 53.5 Å². The fraction of sp³-hybridized carbons (Fsp3) is 0.0769. The van der Waals surface area contributed by atoms with E-state index >= 15 is 0 Å². The highest BCUT2D eigenvalue weighted by atomic mass is 32.2. The van der Waals surface area contributed by atoms with E-state index in [2.05, 4.69) is 9.71 Å². The number of carboxylic acid groups (broad SMARTS) is 1. The van der Waals surface area contributed by atoms with Crippen LogP contribution < -0.4 is 4.72 Å². The minimum atomic E-state index is -4.01. The third kappa shape index (κ3) is 3.34. The minimum Gasteiger partial charge on any atom is -0.478 e. The Kier molecular flexibility index (Phi) is 3.90. The number of aromatic carboxylic acids is 1. The summed E-state index contributed by atoms with van der Waals surface area (Å²) in [5.41, 5.74) is 0.239. The van der Waals surface area contributed by atoms with Gasteiger partial charge in [0.25, 0.3) is 10.0 Å². The number of nitrogens with one attached hydrogen (secondary N) is 1. The summed E-state index contributed by atoms with van der Waals surface area (Å²) in [5.74, 6) is -1.88. The summed E-state index contributed by atoms with van der Waals surface area (Å²) in [6.45, 7) is 1.54. The molecule has 21 heavy (non-hydrogen) atoms. The summed E-state index contributed by atoms with van der Waals surface area (Å²) >= 11 is 0. The van der Waals surface area contributed by atoms with E-state index in [1.165, 1.54) is 25.1 Å². The maximum atomic E-state index is 12.7. The number of aryl methyl sites for hydroxylation is 1. The van der Waals surface area contributed by atoms with E-state index in [1.807, 2.05) is 0 Å². The molecular weight excluding hydrogens is 299 g/mol. The number of nitrogens with zero attached hydrogens (tertiary/aromatic N) is 1. The fourth-order valence-corrected chi connectivity index (χ4v) is 2.93. The number of carbonyl (C=O) groups is 1. The quantitative estimate of drug-likeness (QED) is 0.900. The van der Waals surface area contributed by atoms with Crippen LogP contribution in [0.4, 0.5) is 10.2 Å². The van der Waals surface area contributed by atoms with Crippen LogP contribution in [-0.4, -0.2) is 24.5 Å². The molecule has 0 spiro atoms. The van der Waals surface area contributed by atoms with Gasteiger partial charge in [-0.1, -0.05) is 6.07 Å². The lowest BCUT2D eigenvalue weighted by atomic mass is 10.1. The highest BCUT2D eigenvalue weighted by molar-refractivity contribution is 7.92.